The van der Waals surface area contributed by atoms with Crippen LogP contribution in [0, 0.1) is 0 Å². The van der Waals surface area contributed by atoms with Crippen LogP contribution in [-0.4, -0.2) is 30.1 Å². The summed E-state index contributed by atoms with van der Waals surface area (Å²) in [5.41, 5.74) is 10.1. The van der Waals surface area contributed by atoms with Gasteiger partial charge in [0.1, 0.15) is 5.75 Å². The number of hydrogen-bond acceptors (Lipinski definition) is 3. The second-order valence-corrected chi connectivity index (χ2v) is 6.03. The number of carbonyl (C=O) groups is 1. The summed E-state index contributed by atoms with van der Waals surface area (Å²) in [6.45, 7) is 0.764. The number of guanidine groups is 1. The molecule has 0 saturated carbocycles. The molecule has 0 heterocycles. The minimum Gasteiger partial charge on any atom is -0.508 e. The molecule has 2 aromatic rings. The van der Waals surface area contributed by atoms with E-state index in [-0.39, 0.29) is 35.6 Å². The lowest BCUT2D eigenvalue weighted by Gasteiger charge is -2.08. The summed E-state index contributed by atoms with van der Waals surface area (Å²) in [6, 6.07) is 12.4. The lowest BCUT2D eigenvalue weighted by atomic mass is 10.1. The summed E-state index contributed by atoms with van der Waals surface area (Å²) in [7, 11) is 0. The van der Waals surface area contributed by atoms with E-state index in [1.165, 1.54) is 29.7 Å². The molecular weight excluding hydrogens is 443 g/mol. The van der Waals surface area contributed by atoms with Crippen molar-refractivity contribution >= 4 is 41.5 Å². The lowest BCUT2D eigenvalue weighted by Crippen LogP contribution is -2.28. The molecule has 1 amide bonds. The van der Waals surface area contributed by atoms with Gasteiger partial charge in [-0.1, -0.05) is 6.07 Å². The number of benzene rings is 2. The summed E-state index contributed by atoms with van der Waals surface area (Å²) >= 11 is 0. The maximum Gasteiger partial charge on any atom is 0.251 e. The van der Waals surface area contributed by atoms with Crippen LogP contribution in [-0.2, 0) is 12.8 Å². The van der Waals surface area contributed by atoms with Gasteiger partial charge in [-0.25, -0.2) is 0 Å². The van der Waals surface area contributed by atoms with E-state index in [1.807, 2.05) is 6.07 Å². The summed E-state index contributed by atoms with van der Waals surface area (Å²) < 4.78 is 0. The smallest absolute Gasteiger partial charge is 0.251 e. The highest BCUT2D eigenvalue weighted by atomic mass is 127. The van der Waals surface area contributed by atoms with Gasteiger partial charge in [-0.05, 0) is 66.8 Å². The standard InChI is InChI=1S/C19H22N4O2.HI/c20-19(23-16-7-4-13-2-1-3-15(13)12-16)22-11-10-21-18(25)14-5-8-17(24)9-6-14;/h4-9,12,24H,1-3,10-11H2,(H,21,25)(H3,20,22,23);1H. The van der Waals surface area contributed by atoms with Gasteiger partial charge in [0, 0.05) is 17.8 Å². The zero-order valence-electron chi connectivity index (χ0n) is 14.4. The first kappa shape index (κ1) is 20.0. The third-order valence-electron chi connectivity index (χ3n) is 4.18. The van der Waals surface area contributed by atoms with E-state index >= 15 is 0 Å². The van der Waals surface area contributed by atoms with Crippen LogP contribution in [0.25, 0.3) is 0 Å². The van der Waals surface area contributed by atoms with Crippen molar-refractivity contribution in [3.63, 3.8) is 0 Å². The SMILES string of the molecule is I.NC(=NCCNC(=O)c1ccc(O)cc1)Nc1ccc2c(c1)CCC2. The molecule has 0 unspecified atom stereocenters. The number of halogens is 1. The minimum atomic E-state index is -0.208. The molecule has 0 radical (unpaired) electrons. The molecule has 0 bridgehead atoms. The molecular formula is C19H23IN4O2. The van der Waals surface area contributed by atoms with Crippen molar-refractivity contribution in [1.29, 1.82) is 0 Å². The van der Waals surface area contributed by atoms with E-state index in [4.69, 9.17) is 5.73 Å². The molecule has 0 atom stereocenters. The average molecular weight is 466 g/mol. The van der Waals surface area contributed by atoms with E-state index in [2.05, 4.69) is 27.8 Å². The first-order valence-corrected chi connectivity index (χ1v) is 8.38. The molecule has 138 valence electrons. The number of fused-ring (bicyclic) bond motifs is 1. The Bertz CT molecular complexity index is 791. The van der Waals surface area contributed by atoms with Crippen LogP contribution in [0.2, 0.25) is 0 Å². The molecule has 0 aromatic heterocycles. The number of carbonyl (C=O) groups excluding carboxylic acids is 1. The number of rotatable bonds is 5. The molecule has 1 aliphatic rings. The third kappa shape index (κ3) is 5.35. The Morgan fingerprint density at radius 2 is 1.85 bits per heavy atom. The molecule has 0 fully saturated rings. The van der Waals surface area contributed by atoms with Gasteiger partial charge < -0.3 is 21.5 Å². The van der Waals surface area contributed by atoms with E-state index in [1.54, 1.807) is 12.1 Å². The van der Waals surface area contributed by atoms with Crippen molar-refractivity contribution < 1.29 is 9.90 Å². The number of nitrogens with zero attached hydrogens (tertiary/aromatic N) is 1. The largest absolute Gasteiger partial charge is 0.508 e. The lowest BCUT2D eigenvalue weighted by molar-refractivity contribution is 0.0955. The van der Waals surface area contributed by atoms with Gasteiger partial charge in [0.2, 0.25) is 0 Å². The zero-order valence-corrected chi connectivity index (χ0v) is 16.7. The van der Waals surface area contributed by atoms with Crippen LogP contribution in [0.15, 0.2) is 47.5 Å². The monoisotopic (exact) mass is 466 g/mol. The first-order valence-electron chi connectivity index (χ1n) is 8.38. The highest BCUT2D eigenvalue weighted by Crippen LogP contribution is 2.24. The summed E-state index contributed by atoms with van der Waals surface area (Å²) in [6.07, 6.45) is 3.48. The highest BCUT2D eigenvalue weighted by molar-refractivity contribution is 14.0. The van der Waals surface area contributed by atoms with Crippen LogP contribution < -0.4 is 16.4 Å². The molecule has 3 rings (SSSR count). The fourth-order valence-corrected chi connectivity index (χ4v) is 2.90. The van der Waals surface area contributed by atoms with E-state index in [0.29, 0.717) is 24.6 Å². The van der Waals surface area contributed by atoms with Crippen LogP contribution in [0.4, 0.5) is 5.69 Å². The minimum absolute atomic E-state index is 0. The number of nitrogens with one attached hydrogen (secondary N) is 2. The predicted octanol–water partition coefficient (Wildman–Crippen LogP) is 2.66. The van der Waals surface area contributed by atoms with Crippen LogP contribution in [0.1, 0.15) is 27.9 Å². The second kappa shape index (κ2) is 9.42. The Morgan fingerprint density at radius 3 is 2.62 bits per heavy atom. The van der Waals surface area contributed by atoms with Gasteiger partial charge in [0.25, 0.3) is 5.91 Å². The normalized spacial score (nSPS) is 12.8. The number of phenolic OH excluding ortho intramolecular Hbond substituents is 1. The molecule has 7 heteroatoms. The maximum atomic E-state index is 11.9. The van der Waals surface area contributed by atoms with Crippen molar-refractivity contribution in [2.24, 2.45) is 10.7 Å². The van der Waals surface area contributed by atoms with E-state index in [0.717, 1.165) is 18.5 Å². The first-order chi connectivity index (χ1) is 12.1. The van der Waals surface area contributed by atoms with Crippen LogP contribution >= 0.6 is 24.0 Å². The van der Waals surface area contributed by atoms with Gasteiger partial charge in [0.05, 0.1) is 6.54 Å². The number of aliphatic imine (C=N–C) groups is 1. The molecule has 6 nitrogen and oxygen atoms in total. The van der Waals surface area contributed by atoms with Gasteiger partial charge in [-0.2, -0.15) is 0 Å². The van der Waals surface area contributed by atoms with Crippen molar-refractivity contribution in [1.82, 2.24) is 5.32 Å². The summed E-state index contributed by atoms with van der Waals surface area (Å²) in [5.74, 6) is 0.253. The van der Waals surface area contributed by atoms with Crippen molar-refractivity contribution in [2.45, 2.75) is 19.3 Å². The number of anilines is 1. The van der Waals surface area contributed by atoms with Crippen molar-refractivity contribution in [3.05, 3.63) is 59.2 Å². The van der Waals surface area contributed by atoms with E-state index < -0.39 is 0 Å². The number of aryl methyl sites for hydroxylation is 2. The van der Waals surface area contributed by atoms with Crippen LogP contribution in [0.5, 0.6) is 5.75 Å². The average Bonchev–Trinajstić information content (AvgIpc) is 3.07. The van der Waals surface area contributed by atoms with Crippen LogP contribution in [0.3, 0.4) is 0 Å². The number of aromatic hydroxyl groups is 1. The Kier molecular flexibility index (Phi) is 7.26. The highest BCUT2D eigenvalue weighted by Gasteiger charge is 2.10. The van der Waals surface area contributed by atoms with Gasteiger partial charge in [0.15, 0.2) is 5.96 Å². The number of nitrogens with two attached hydrogens (primary N) is 1. The van der Waals surface area contributed by atoms with Crippen molar-refractivity contribution in [3.8, 4) is 5.75 Å². The summed E-state index contributed by atoms with van der Waals surface area (Å²) in [5, 5.41) is 15.1. The number of amides is 1. The Morgan fingerprint density at radius 1 is 1.12 bits per heavy atom. The number of phenols is 1. The fourth-order valence-electron chi connectivity index (χ4n) is 2.90. The number of hydrogen-bond donors (Lipinski definition) is 4. The van der Waals surface area contributed by atoms with E-state index in [9.17, 15) is 9.90 Å². The quantitative estimate of drug-likeness (QED) is 0.236. The summed E-state index contributed by atoms with van der Waals surface area (Å²) in [4.78, 5) is 16.1. The molecule has 5 N–H and O–H groups in total. The molecule has 0 aliphatic heterocycles. The molecule has 2 aromatic carbocycles. The van der Waals surface area contributed by atoms with Gasteiger partial charge >= 0.3 is 0 Å². The maximum absolute atomic E-state index is 11.9. The molecule has 1 aliphatic carbocycles. The second-order valence-electron chi connectivity index (χ2n) is 6.03. The topological polar surface area (TPSA) is 99.7 Å². The Labute approximate surface area is 169 Å². The molecule has 0 spiro atoms. The van der Waals surface area contributed by atoms with Crippen molar-refractivity contribution in [2.75, 3.05) is 18.4 Å². The Hall–Kier alpha value is -2.29. The Balaban J connectivity index is 0.00000243. The zero-order chi connectivity index (χ0) is 17.6. The third-order valence-corrected chi connectivity index (χ3v) is 4.18. The molecule has 26 heavy (non-hydrogen) atoms. The predicted molar refractivity (Wildman–Crippen MR) is 114 cm³/mol. The van der Waals surface area contributed by atoms with Gasteiger partial charge in [-0.3, -0.25) is 9.79 Å². The molecule has 0 saturated heterocycles. The fraction of sp³-hybridized carbons (Fsp3) is 0.263. The van der Waals surface area contributed by atoms with Gasteiger partial charge in [-0.15, -0.1) is 24.0 Å².